The number of rotatable bonds is 19. The molecule has 2 heterocycles. The van der Waals surface area contributed by atoms with Crippen molar-refractivity contribution in [1.82, 2.24) is 14.9 Å². The molecule has 1 aliphatic heterocycles. The molecule has 1 saturated heterocycles. The van der Waals surface area contributed by atoms with Crippen molar-refractivity contribution >= 4 is 78.6 Å². The Morgan fingerprint density at radius 3 is 2.57 bits per heavy atom. The predicted molar refractivity (Wildman–Crippen MR) is 172 cm³/mol. The van der Waals surface area contributed by atoms with Gasteiger partial charge in [0.15, 0.2) is 0 Å². The number of amides is 1. The van der Waals surface area contributed by atoms with Gasteiger partial charge in [-0.05, 0) is 6.26 Å². The van der Waals surface area contributed by atoms with E-state index in [0.29, 0.717) is 12.3 Å². The highest BCUT2D eigenvalue weighted by molar-refractivity contribution is 8.76. The Bertz CT molecular complexity index is 1430. The van der Waals surface area contributed by atoms with E-state index in [-0.39, 0.29) is 36.9 Å². The van der Waals surface area contributed by atoms with E-state index >= 15 is 0 Å². The van der Waals surface area contributed by atoms with Crippen LogP contribution in [0.2, 0.25) is 0 Å². The Morgan fingerprint density at radius 2 is 1.89 bits per heavy atom. The molecule has 20 nitrogen and oxygen atoms in total. The molecule has 0 aliphatic carbocycles. The van der Waals surface area contributed by atoms with E-state index in [1.165, 1.54) is 38.6 Å². The van der Waals surface area contributed by atoms with Gasteiger partial charge in [-0.15, -0.1) is 0 Å². The van der Waals surface area contributed by atoms with Gasteiger partial charge in [-0.2, -0.15) is 13.6 Å². The molecule has 0 bridgehead atoms. The van der Waals surface area contributed by atoms with E-state index in [1.54, 1.807) is 17.0 Å². The highest BCUT2D eigenvalue weighted by Crippen LogP contribution is 2.66. The Balaban J connectivity index is 2.08. The van der Waals surface area contributed by atoms with Gasteiger partial charge in [0.05, 0.1) is 24.8 Å². The van der Waals surface area contributed by atoms with Crippen molar-refractivity contribution in [1.29, 1.82) is 0 Å². The van der Waals surface area contributed by atoms with E-state index < -0.39 is 60.3 Å². The third kappa shape index (κ3) is 16.1. The van der Waals surface area contributed by atoms with Crippen molar-refractivity contribution in [3.05, 3.63) is 22.2 Å². The molecule has 1 amide bonds. The van der Waals surface area contributed by atoms with Gasteiger partial charge < -0.3 is 50.6 Å². The highest BCUT2D eigenvalue weighted by atomic mass is 33.1. The Labute approximate surface area is 278 Å². The summed E-state index contributed by atoms with van der Waals surface area (Å²) in [4.78, 5) is 64.8. The minimum absolute atomic E-state index is 0.00580. The molecular weight excluding hydrogens is 759 g/mol. The normalized spacial score (nSPS) is 20.7. The number of alkyl carbamates (subject to hydrolysis) is 1. The molecule has 262 valence electrons. The molecule has 9 N–H and O–H groups in total. The fraction of sp³-hybridized carbons (Fsp3) is 0.632. The topological polar surface area (TPSA) is 304 Å². The smallest absolute Gasteiger partial charge is 0.449 e. The van der Waals surface area contributed by atoms with Gasteiger partial charge in [0.1, 0.15) is 30.7 Å². The van der Waals surface area contributed by atoms with E-state index in [0.717, 1.165) is 10.3 Å². The maximum absolute atomic E-state index is 12.7. The summed E-state index contributed by atoms with van der Waals surface area (Å²) in [6.45, 7) is -0.172. The predicted octanol–water partition coefficient (Wildman–Crippen LogP) is 1.23. The number of carbonyl (C=O) groups excluding carboxylic acids is 1. The van der Waals surface area contributed by atoms with Crippen LogP contribution < -0.4 is 22.5 Å². The number of nitrogens with one attached hydrogen (secondary N) is 1. The first-order chi connectivity index (χ1) is 21.6. The maximum Gasteiger partial charge on any atom is 0.490 e. The number of nitrogens with zero attached hydrogens (tertiary/aromatic N) is 2. The molecule has 0 radical (unpaired) electrons. The number of anilines is 1. The quantitative estimate of drug-likeness (QED) is 0.0341. The largest absolute Gasteiger partial charge is 0.490 e. The third-order valence-electron chi connectivity index (χ3n) is 4.97. The summed E-state index contributed by atoms with van der Waals surface area (Å²) in [5.41, 5.74) is 10.5. The molecule has 5 atom stereocenters. The summed E-state index contributed by atoms with van der Waals surface area (Å²) < 4.78 is 64.4. The molecule has 0 saturated carbocycles. The second-order valence-electron chi connectivity index (χ2n) is 8.31. The van der Waals surface area contributed by atoms with Crippen molar-refractivity contribution in [3.8, 4) is 11.8 Å². The molecule has 1 aromatic heterocycles. The molecule has 2 rings (SSSR count). The fourth-order valence-electron chi connectivity index (χ4n) is 3.26. The van der Waals surface area contributed by atoms with Crippen LogP contribution >= 0.6 is 66.6 Å². The first-order valence-electron chi connectivity index (χ1n) is 12.5. The minimum atomic E-state index is -5.73. The lowest BCUT2D eigenvalue weighted by Crippen LogP contribution is -2.29. The second kappa shape index (κ2) is 20.0. The third-order valence-corrected chi connectivity index (χ3v) is 12.6. The zero-order chi connectivity index (χ0) is 34.4. The molecule has 46 heavy (non-hydrogen) atoms. The summed E-state index contributed by atoms with van der Waals surface area (Å²) in [6.07, 6.45) is -0.729. The first-order valence-corrected chi connectivity index (χ1v) is 22.2. The van der Waals surface area contributed by atoms with Gasteiger partial charge in [0, 0.05) is 30.7 Å². The van der Waals surface area contributed by atoms with Gasteiger partial charge in [-0.25, -0.2) is 23.3 Å². The summed E-state index contributed by atoms with van der Waals surface area (Å²) in [5.74, 6) is 6.64. The van der Waals surface area contributed by atoms with E-state index in [9.17, 15) is 33.1 Å². The number of carbonyl (C=O) groups is 1. The van der Waals surface area contributed by atoms with Crippen LogP contribution in [0.5, 0.6) is 0 Å². The molecule has 1 aliphatic rings. The number of hydrogen-bond donors (Lipinski definition) is 7. The monoisotopic (exact) mass is 791 g/mol. The summed E-state index contributed by atoms with van der Waals surface area (Å²) >= 11 is 0. The van der Waals surface area contributed by atoms with Crippen LogP contribution in [0.4, 0.5) is 10.6 Å². The number of ether oxygens (including phenoxy) is 3. The van der Waals surface area contributed by atoms with E-state index in [2.05, 4.69) is 30.8 Å². The van der Waals surface area contributed by atoms with Crippen molar-refractivity contribution in [2.75, 3.05) is 55.7 Å². The average Bonchev–Trinajstić information content (AvgIpc) is 3.33. The zero-order valence-electron chi connectivity index (χ0n) is 23.8. The average molecular weight is 792 g/mol. The minimum Gasteiger partial charge on any atom is -0.449 e. The second-order valence-corrected chi connectivity index (χ2v) is 17.9. The van der Waals surface area contributed by atoms with E-state index in [4.69, 9.17) is 40.0 Å². The van der Waals surface area contributed by atoms with Crippen LogP contribution in [0.1, 0.15) is 18.2 Å². The molecule has 1 aromatic rings. The van der Waals surface area contributed by atoms with E-state index in [1.807, 2.05) is 0 Å². The summed E-state index contributed by atoms with van der Waals surface area (Å²) in [6, 6.07) is 0. The Kier molecular flexibility index (Phi) is 18.0. The van der Waals surface area contributed by atoms with Gasteiger partial charge >= 0.3 is 35.3 Å². The van der Waals surface area contributed by atoms with Crippen molar-refractivity contribution < 1.29 is 65.4 Å². The molecule has 3 unspecified atom stereocenters. The van der Waals surface area contributed by atoms with Crippen LogP contribution in [-0.2, 0) is 41.1 Å². The summed E-state index contributed by atoms with van der Waals surface area (Å²) in [7, 11) is -11.0. The van der Waals surface area contributed by atoms with Crippen molar-refractivity contribution in [2.45, 2.75) is 24.9 Å². The van der Waals surface area contributed by atoms with Crippen LogP contribution in [-0.4, -0.2) is 97.4 Å². The van der Waals surface area contributed by atoms with Crippen LogP contribution in [0.25, 0.3) is 0 Å². The zero-order valence-corrected chi connectivity index (χ0v) is 29.7. The van der Waals surface area contributed by atoms with Gasteiger partial charge in [0.2, 0.25) is 0 Å². The molecule has 0 spiro atoms. The number of aromatic nitrogens is 2. The van der Waals surface area contributed by atoms with Gasteiger partial charge in [-0.3, -0.25) is 9.09 Å². The fourth-order valence-corrected chi connectivity index (χ4v) is 8.75. The standard InChI is InChI=1S/C19H32N5O15P3S4/c1-43-46-12-35-14-9-16(37-15(14)11-36-41(30,31)39-42(32,33)38-40(27,28)29)24-10-13(17(21)23-18(24)25)3-2-5-22-19(26)34-6-8-45-44-7-4-20/h10,14-16H,4-9,11-12,20H2,1H3,(H,22,26)(H,30,31)(H,32,33)(H2,21,23,25)(H2,27,28,29)/t14?,15-,16-/m1/s1. The number of nitrogens with two attached hydrogens (primary N) is 2. The lowest BCUT2D eigenvalue weighted by molar-refractivity contribution is -0.0543. The number of phosphoric ester groups is 1. The summed E-state index contributed by atoms with van der Waals surface area (Å²) in [5, 5.41) is 2.45. The lowest BCUT2D eigenvalue weighted by Gasteiger charge is -2.21. The van der Waals surface area contributed by atoms with Gasteiger partial charge in [0.25, 0.3) is 0 Å². The molecular formula is C19H32N5O15P3S4. The van der Waals surface area contributed by atoms with Crippen LogP contribution in [0.15, 0.2) is 11.0 Å². The molecule has 27 heteroatoms. The molecule has 0 aromatic carbocycles. The molecule has 1 fully saturated rings. The van der Waals surface area contributed by atoms with Crippen molar-refractivity contribution in [3.63, 3.8) is 0 Å². The Morgan fingerprint density at radius 1 is 1.17 bits per heavy atom. The lowest BCUT2D eigenvalue weighted by atomic mass is 10.2. The SMILES string of the molecule is CSSCOC1C[C@H](n2cc(C#CCNC(=O)OCCSSCCN)c(N)nc2=O)O[C@@H]1COP(=O)(O)OP(=O)(O)OP(=O)(O)O. The number of nitrogen functional groups attached to an aromatic ring is 1. The number of phosphoric acid groups is 3. The highest BCUT2D eigenvalue weighted by Gasteiger charge is 2.43. The van der Waals surface area contributed by atoms with Crippen LogP contribution in [0, 0.1) is 11.8 Å². The maximum atomic E-state index is 12.7. The Hall–Kier alpha value is -0.800. The van der Waals surface area contributed by atoms with Gasteiger partial charge in [-0.1, -0.05) is 55.0 Å². The van der Waals surface area contributed by atoms with Crippen molar-refractivity contribution in [2.24, 2.45) is 5.73 Å². The first kappa shape index (κ1) is 41.4. The number of hydrogen-bond acceptors (Lipinski definition) is 18. The van der Waals surface area contributed by atoms with Crippen LogP contribution in [0.3, 0.4) is 0 Å².